The summed E-state index contributed by atoms with van der Waals surface area (Å²) in [5, 5.41) is 22.3. The molecule has 4 aliphatic rings. The van der Waals surface area contributed by atoms with E-state index in [1.54, 1.807) is 24.3 Å². The smallest absolute Gasteiger partial charge is 0.417 e. The molecule has 1 saturated carbocycles. The Labute approximate surface area is 285 Å². The number of allylic oxidation sites excluding steroid dienone is 2. The third-order valence-electron chi connectivity index (χ3n) is 10.1. The first-order valence-corrected chi connectivity index (χ1v) is 15.7. The number of halogens is 5. The number of hydrogen-bond donors (Lipinski definition) is 3. The van der Waals surface area contributed by atoms with Crippen LogP contribution in [-0.2, 0) is 30.8 Å². The van der Waals surface area contributed by atoms with Crippen LogP contribution in [0.15, 0.2) is 66.4 Å². The zero-order valence-corrected chi connectivity index (χ0v) is 26.8. The van der Waals surface area contributed by atoms with Gasteiger partial charge in [0.05, 0.1) is 40.9 Å². The highest BCUT2D eigenvalue weighted by molar-refractivity contribution is 6.33. The van der Waals surface area contributed by atoms with E-state index < -0.39 is 81.2 Å². The maximum absolute atomic E-state index is 15.0. The summed E-state index contributed by atoms with van der Waals surface area (Å²) < 4.78 is 45.3. The Hall–Kier alpha value is -4.66. The highest BCUT2D eigenvalue weighted by Crippen LogP contribution is 2.65. The molecule has 6 unspecified atom stereocenters. The van der Waals surface area contributed by atoms with Gasteiger partial charge in [0.1, 0.15) is 11.5 Å². The van der Waals surface area contributed by atoms with E-state index in [1.165, 1.54) is 31.4 Å². The number of nitrogens with zero attached hydrogens (tertiary/aromatic N) is 3. The standard InChI is InChI=1S/C33H25Cl2F3N4O7/c1-49-17-6-7-19(24(43)11-17)26-18-8-9-20-25(30(46)42(48)28(20)44)21(18)12-22-29(45)41(31(47)32(22,26)14-2-4-16(34)5-3-14)40-27-23(35)10-15(13-39-27)33(36,37)38/h2-8,10-11,13,20-22,25-26,43,48H,9,12H2,1H3,(H,39,40). The van der Waals surface area contributed by atoms with Crippen molar-refractivity contribution in [1.82, 2.24) is 15.1 Å². The number of hydrogen-bond acceptors (Lipinski definition) is 9. The molecule has 1 aromatic heterocycles. The van der Waals surface area contributed by atoms with Crippen LogP contribution in [0.1, 0.15) is 35.4 Å². The first kappa shape index (κ1) is 32.9. The molecule has 0 spiro atoms. The predicted octanol–water partition coefficient (Wildman–Crippen LogP) is 5.50. The molecular weight excluding hydrogens is 692 g/mol. The fraction of sp³-hybridized carbons (Fsp3) is 0.303. The van der Waals surface area contributed by atoms with Crippen molar-refractivity contribution < 1.29 is 47.4 Å². The molecule has 16 heteroatoms. The maximum Gasteiger partial charge on any atom is 0.417 e. The van der Waals surface area contributed by atoms with Gasteiger partial charge in [-0.25, -0.2) is 4.98 Å². The van der Waals surface area contributed by atoms with Gasteiger partial charge in [0.15, 0.2) is 5.82 Å². The number of fused-ring (bicyclic) bond motifs is 4. The highest BCUT2D eigenvalue weighted by Gasteiger charge is 2.70. The zero-order valence-electron chi connectivity index (χ0n) is 25.2. The molecular formula is C33H25Cl2F3N4O7. The van der Waals surface area contributed by atoms with Crippen LogP contribution in [0.3, 0.4) is 0 Å². The molecule has 6 atom stereocenters. The molecule has 254 valence electrons. The van der Waals surface area contributed by atoms with E-state index in [1.807, 2.05) is 0 Å². The molecule has 3 fully saturated rings. The minimum atomic E-state index is -4.76. The van der Waals surface area contributed by atoms with Crippen molar-refractivity contribution in [2.24, 2.45) is 23.7 Å². The van der Waals surface area contributed by atoms with Gasteiger partial charge in [-0.1, -0.05) is 53.1 Å². The number of hydrazine groups is 1. The van der Waals surface area contributed by atoms with Crippen LogP contribution in [-0.4, -0.2) is 56.1 Å². The molecule has 2 aliphatic heterocycles. The SMILES string of the molecule is COc1ccc(C2C3=CCC4C(=O)N(O)C(=O)C4C3CC3C(=O)N(Nc4ncc(C(F)(F)F)cc4Cl)C(=O)C32c2ccc(Cl)cc2)c(O)c1. The Bertz CT molecular complexity index is 1970. The molecule has 0 bridgehead atoms. The summed E-state index contributed by atoms with van der Waals surface area (Å²) in [5.74, 6) is -8.97. The third kappa shape index (κ3) is 4.79. The zero-order chi connectivity index (χ0) is 35.2. The average molecular weight is 717 g/mol. The quantitative estimate of drug-likeness (QED) is 0.177. The number of aromatic hydroxyl groups is 1. The Morgan fingerprint density at radius 1 is 1.00 bits per heavy atom. The molecule has 7 rings (SSSR count). The average Bonchev–Trinajstić information content (AvgIpc) is 3.42. The Kier molecular flexibility index (Phi) is 7.69. The lowest BCUT2D eigenvalue weighted by atomic mass is 9.49. The molecule has 3 aromatic rings. The molecule has 3 N–H and O–H groups in total. The van der Waals surface area contributed by atoms with Gasteiger partial charge < -0.3 is 9.84 Å². The summed E-state index contributed by atoms with van der Waals surface area (Å²) in [7, 11) is 1.40. The lowest BCUT2D eigenvalue weighted by molar-refractivity contribution is -0.173. The van der Waals surface area contributed by atoms with Gasteiger partial charge in [-0.3, -0.25) is 29.8 Å². The fourth-order valence-electron chi connectivity index (χ4n) is 8.01. The van der Waals surface area contributed by atoms with Crippen LogP contribution >= 0.6 is 23.2 Å². The number of pyridine rings is 1. The molecule has 2 aromatic carbocycles. The van der Waals surface area contributed by atoms with E-state index in [0.717, 1.165) is 0 Å². The second-order valence-corrected chi connectivity index (χ2v) is 13.2. The minimum absolute atomic E-state index is 0.0299. The van der Waals surface area contributed by atoms with Gasteiger partial charge in [0.25, 0.3) is 23.6 Å². The molecule has 49 heavy (non-hydrogen) atoms. The van der Waals surface area contributed by atoms with Crippen molar-refractivity contribution in [3.63, 3.8) is 0 Å². The van der Waals surface area contributed by atoms with Crippen molar-refractivity contribution in [3.05, 3.63) is 93.1 Å². The summed E-state index contributed by atoms with van der Waals surface area (Å²) in [6, 6.07) is 11.2. The van der Waals surface area contributed by atoms with Gasteiger partial charge >= 0.3 is 6.18 Å². The van der Waals surface area contributed by atoms with E-state index in [2.05, 4.69) is 10.4 Å². The Morgan fingerprint density at radius 3 is 2.35 bits per heavy atom. The number of methoxy groups -OCH3 is 1. The predicted molar refractivity (Wildman–Crippen MR) is 165 cm³/mol. The fourth-order valence-corrected chi connectivity index (χ4v) is 8.34. The summed E-state index contributed by atoms with van der Waals surface area (Å²) in [6.07, 6.45) is -2.67. The first-order chi connectivity index (χ1) is 23.2. The number of nitrogens with one attached hydrogen (secondary N) is 1. The maximum atomic E-state index is 15.0. The largest absolute Gasteiger partial charge is 0.508 e. The summed E-state index contributed by atoms with van der Waals surface area (Å²) in [4.78, 5) is 59.5. The van der Waals surface area contributed by atoms with E-state index in [-0.39, 0.29) is 35.0 Å². The second-order valence-electron chi connectivity index (χ2n) is 12.3. The lowest BCUT2D eigenvalue weighted by Gasteiger charge is -2.50. The molecule has 2 saturated heterocycles. The summed E-state index contributed by atoms with van der Waals surface area (Å²) >= 11 is 12.4. The molecule has 2 aliphatic carbocycles. The van der Waals surface area contributed by atoms with Crippen LogP contribution in [0.2, 0.25) is 10.0 Å². The number of ether oxygens (including phenoxy) is 1. The first-order valence-electron chi connectivity index (χ1n) is 15.0. The van der Waals surface area contributed by atoms with E-state index >= 15 is 4.79 Å². The van der Waals surface area contributed by atoms with Gasteiger partial charge in [-0.15, -0.1) is 0 Å². The Morgan fingerprint density at radius 2 is 1.71 bits per heavy atom. The lowest BCUT2D eigenvalue weighted by Crippen LogP contribution is -2.53. The van der Waals surface area contributed by atoms with Crippen molar-refractivity contribution in [3.8, 4) is 11.5 Å². The van der Waals surface area contributed by atoms with Crippen molar-refractivity contribution in [2.45, 2.75) is 30.4 Å². The number of hydroxylamine groups is 2. The van der Waals surface area contributed by atoms with Crippen molar-refractivity contribution >= 4 is 52.6 Å². The van der Waals surface area contributed by atoms with Crippen LogP contribution in [0, 0.1) is 23.7 Å². The van der Waals surface area contributed by atoms with Gasteiger partial charge in [-0.2, -0.15) is 23.2 Å². The number of anilines is 1. The van der Waals surface area contributed by atoms with E-state index in [4.69, 9.17) is 27.9 Å². The van der Waals surface area contributed by atoms with Gasteiger partial charge in [0.2, 0.25) is 0 Å². The van der Waals surface area contributed by atoms with Gasteiger partial charge in [-0.05, 0) is 48.6 Å². The van der Waals surface area contributed by atoms with Crippen molar-refractivity contribution in [2.75, 3.05) is 12.5 Å². The number of rotatable bonds is 5. The molecule has 11 nitrogen and oxygen atoms in total. The minimum Gasteiger partial charge on any atom is -0.508 e. The number of phenols is 1. The topological polar surface area (TPSA) is 149 Å². The van der Waals surface area contributed by atoms with Crippen LogP contribution < -0.4 is 10.2 Å². The summed E-state index contributed by atoms with van der Waals surface area (Å²) in [6.45, 7) is 0. The van der Waals surface area contributed by atoms with Crippen LogP contribution in [0.5, 0.6) is 11.5 Å². The number of aromatic nitrogens is 1. The molecule has 4 amide bonds. The van der Waals surface area contributed by atoms with Gasteiger partial charge in [0, 0.05) is 28.8 Å². The molecule has 3 heterocycles. The van der Waals surface area contributed by atoms with Crippen molar-refractivity contribution in [1.29, 1.82) is 0 Å². The number of carbonyl (C=O) groups excluding carboxylic acids is 4. The van der Waals surface area contributed by atoms with Crippen LogP contribution in [0.25, 0.3) is 0 Å². The number of imide groups is 2. The van der Waals surface area contributed by atoms with E-state index in [0.29, 0.717) is 33.4 Å². The number of amides is 4. The summed E-state index contributed by atoms with van der Waals surface area (Å²) in [5.41, 5.74) is 0.542. The number of alkyl halides is 3. The van der Waals surface area contributed by atoms with Crippen LogP contribution in [0.4, 0.5) is 19.0 Å². The number of carbonyl (C=O) groups is 4. The molecule has 0 radical (unpaired) electrons. The second kappa shape index (κ2) is 11.5. The monoisotopic (exact) mass is 716 g/mol. The Balaban J connectivity index is 1.45. The third-order valence-corrected chi connectivity index (χ3v) is 10.6. The normalized spacial score (nSPS) is 27.9. The van der Waals surface area contributed by atoms with E-state index in [9.17, 15) is 37.9 Å². The number of benzene rings is 2. The number of phenolic OH excluding ortho intramolecular Hbond substituents is 1. The highest BCUT2D eigenvalue weighted by atomic mass is 35.5.